The highest BCUT2D eigenvalue weighted by molar-refractivity contribution is 5.91. The van der Waals surface area contributed by atoms with E-state index in [1.807, 2.05) is 6.07 Å². The molecule has 1 aliphatic heterocycles. The first-order chi connectivity index (χ1) is 8.75. The highest BCUT2D eigenvalue weighted by Gasteiger charge is 2.04. The van der Waals surface area contributed by atoms with Gasteiger partial charge in [-0.1, -0.05) is 11.6 Å². The third-order valence-corrected chi connectivity index (χ3v) is 2.95. The number of hydrogen-bond acceptors (Lipinski definition) is 4. The largest absolute Gasteiger partial charge is 0.385 e. The lowest BCUT2D eigenvalue weighted by atomic mass is 10.1. The molecule has 96 valence electrons. The number of rotatable bonds is 5. The van der Waals surface area contributed by atoms with Crippen molar-refractivity contribution in [3.8, 4) is 0 Å². The van der Waals surface area contributed by atoms with Gasteiger partial charge in [-0.15, -0.1) is 0 Å². The zero-order valence-corrected chi connectivity index (χ0v) is 10.3. The van der Waals surface area contributed by atoms with Crippen molar-refractivity contribution in [2.45, 2.75) is 12.8 Å². The van der Waals surface area contributed by atoms with Crippen LogP contribution in [-0.4, -0.2) is 30.5 Å². The van der Waals surface area contributed by atoms with Crippen molar-refractivity contribution in [2.75, 3.05) is 25.0 Å². The van der Waals surface area contributed by atoms with Crippen LogP contribution in [0.1, 0.15) is 23.3 Å². The van der Waals surface area contributed by atoms with E-state index in [0.29, 0.717) is 5.69 Å². The van der Waals surface area contributed by atoms with Crippen molar-refractivity contribution in [1.29, 1.82) is 0 Å². The highest BCUT2D eigenvalue weighted by Crippen LogP contribution is 2.11. The number of anilines is 1. The first-order valence-electron chi connectivity index (χ1n) is 6.14. The van der Waals surface area contributed by atoms with Crippen molar-refractivity contribution >= 4 is 11.6 Å². The Balaban J connectivity index is 1.84. The molecule has 0 saturated heterocycles. The van der Waals surface area contributed by atoms with E-state index in [0.717, 1.165) is 38.2 Å². The highest BCUT2D eigenvalue weighted by atomic mass is 16.1. The van der Waals surface area contributed by atoms with Gasteiger partial charge in [0.1, 0.15) is 5.69 Å². The van der Waals surface area contributed by atoms with Crippen molar-refractivity contribution in [3.05, 3.63) is 35.7 Å². The van der Waals surface area contributed by atoms with Gasteiger partial charge in [0, 0.05) is 25.0 Å². The van der Waals surface area contributed by atoms with E-state index in [9.17, 15) is 4.79 Å². The predicted molar refractivity (Wildman–Crippen MR) is 71.4 cm³/mol. The second-order valence-electron chi connectivity index (χ2n) is 4.29. The number of aromatic nitrogens is 1. The van der Waals surface area contributed by atoms with Gasteiger partial charge in [0.25, 0.3) is 5.91 Å². The lowest BCUT2D eigenvalue weighted by Crippen LogP contribution is -2.21. The average molecular weight is 246 g/mol. The fourth-order valence-electron chi connectivity index (χ4n) is 1.94. The van der Waals surface area contributed by atoms with Crippen LogP contribution in [0.2, 0.25) is 0 Å². The van der Waals surface area contributed by atoms with Gasteiger partial charge in [-0.25, -0.2) is 0 Å². The molecule has 5 heteroatoms. The molecule has 1 aromatic rings. The molecule has 0 spiro atoms. The molecule has 1 aromatic heterocycles. The van der Waals surface area contributed by atoms with Crippen molar-refractivity contribution in [1.82, 2.24) is 10.3 Å². The molecule has 2 heterocycles. The maximum absolute atomic E-state index is 11.0. The van der Waals surface area contributed by atoms with Crippen molar-refractivity contribution < 1.29 is 4.79 Å². The van der Waals surface area contributed by atoms with E-state index in [4.69, 9.17) is 5.73 Å². The van der Waals surface area contributed by atoms with Crippen LogP contribution in [0.25, 0.3) is 0 Å². The number of hydrogen-bond donors (Lipinski definition) is 3. The fraction of sp³-hybridized carbons (Fsp3) is 0.385. The van der Waals surface area contributed by atoms with Crippen LogP contribution in [0.5, 0.6) is 0 Å². The van der Waals surface area contributed by atoms with Crippen LogP contribution < -0.4 is 16.4 Å². The molecular formula is C13H18N4O. The maximum Gasteiger partial charge on any atom is 0.267 e. The molecule has 18 heavy (non-hydrogen) atoms. The molecule has 0 bridgehead atoms. The van der Waals surface area contributed by atoms with Gasteiger partial charge in [-0.3, -0.25) is 9.78 Å². The second kappa shape index (κ2) is 6.16. The zero-order chi connectivity index (χ0) is 12.8. The monoisotopic (exact) mass is 246 g/mol. The number of nitrogens with two attached hydrogens (primary N) is 1. The van der Waals surface area contributed by atoms with Crippen LogP contribution in [0.4, 0.5) is 5.69 Å². The second-order valence-corrected chi connectivity index (χ2v) is 4.29. The number of nitrogens with one attached hydrogen (secondary N) is 2. The van der Waals surface area contributed by atoms with Crippen LogP contribution in [0, 0.1) is 0 Å². The summed E-state index contributed by atoms with van der Waals surface area (Å²) in [6, 6.07) is 3.52. The van der Waals surface area contributed by atoms with E-state index in [2.05, 4.69) is 21.7 Å². The van der Waals surface area contributed by atoms with Crippen LogP contribution in [0.15, 0.2) is 30.0 Å². The summed E-state index contributed by atoms with van der Waals surface area (Å²) in [6.45, 7) is 2.89. The van der Waals surface area contributed by atoms with Gasteiger partial charge in [-0.05, 0) is 31.5 Å². The number of amides is 1. The SMILES string of the molecule is NC(=O)c1cc(NCCC2=CCNCC2)ccn1. The molecule has 0 aromatic carbocycles. The van der Waals surface area contributed by atoms with Gasteiger partial charge < -0.3 is 16.4 Å². The topological polar surface area (TPSA) is 80.0 Å². The Morgan fingerprint density at radius 3 is 3.17 bits per heavy atom. The Labute approximate surface area is 106 Å². The molecule has 0 unspecified atom stereocenters. The minimum absolute atomic E-state index is 0.293. The summed E-state index contributed by atoms with van der Waals surface area (Å²) < 4.78 is 0. The number of primary amides is 1. The van der Waals surface area contributed by atoms with E-state index >= 15 is 0 Å². The van der Waals surface area contributed by atoms with Crippen LogP contribution in [-0.2, 0) is 0 Å². The molecular weight excluding hydrogens is 228 g/mol. The lowest BCUT2D eigenvalue weighted by Gasteiger charge is -2.14. The fourth-order valence-corrected chi connectivity index (χ4v) is 1.94. The molecule has 1 amide bonds. The summed E-state index contributed by atoms with van der Waals surface area (Å²) in [5, 5.41) is 6.56. The Kier molecular flexibility index (Phi) is 4.30. The van der Waals surface area contributed by atoms with Gasteiger partial charge in [-0.2, -0.15) is 0 Å². The molecule has 0 saturated carbocycles. The summed E-state index contributed by atoms with van der Waals surface area (Å²) in [5.41, 5.74) is 7.84. The number of pyridine rings is 1. The normalized spacial score (nSPS) is 15.0. The van der Waals surface area contributed by atoms with E-state index in [1.54, 1.807) is 12.3 Å². The van der Waals surface area contributed by atoms with E-state index < -0.39 is 5.91 Å². The summed E-state index contributed by atoms with van der Waals surface area (Å²) in [4.78, 5) is 14.9. The van der Waals surface area contributed by atoms with Gasteiger partial charge >= 0.3 is 0 Å². The summed E-state index contributed by atoms with van der Waals surface area (Å²) >= 11 is 0. The van der Waals surface area contributed by atoms with Gasteiger partial charge in [0.15, 0.2) is 0 Å². The third kappa shape index (κ3) is 3.56. The summed E-state index contributed by atoms with van der Waals surface area (Å²) in [5.74, 6) is -0.500. The minimum atomic E-state index is -0.500. The van der Waals surface area contributed by atoms with E-state index in [1.165, 1.54) is 5.57 Å². The Morgan fingerprint density at radius 1 is 1.56 bits per heavy atom. The lowest BCUT2D eigenvalue weighted by molar-refractivity contribution is 0.0995. The quantitative estimate of drug-likeness (QED) is 0.674. The summed E-state index contributed by atoms with van der Waals surface area (Å²) in [7, 11) is 0. The first-order valence-corrected chi connectivity index (χ1v) is 6.14. The molecule has 1 aliphatic rings. The van der Waals surface area contributed by atoms with Gasteiger partial charge in [0.05, 0.1) is 0 Å². The Morgan fingerprint density at radius 2 is 2.44 bits per heavy atom. The number of carbonyl (C=O) groups is 1. The molecule has 2 rings (SSSR count). The molecule has 5 nitrogen and oxygen atoms in total. The summed E-state index contributed by atoms with van der Waals surface area (Å²) in [6.07, 6.45) is 5.97. The van der Waals surface area contributed by atoms with Crippen molar-refractivity contribution in [3.63, 3.8) is 0 Å². The third-order valence-electron chi connectivity index (χ3n) is 2.95. The molecule has 0 fully saturated rings. The van der Waals surface area contributed by atoms with Gasteiger partial charge in [0.2, 0.25) is 0 Å². The maximum atomic E-state index is 11.0. The molecule has 0 aliphatic carbocycles. The Bertz CT molecular complexity index is 456. The standard InChI is InChI=1S/C13H18N4O/c14-13(18)12-9-11(4-8-17-12)16-7-3-10-1-5-15-6-2-10/h1,4,8-9,15H,2-3,5-7H2,(H2,14,18)(H,16,17). The number of nitrogens with zero attached hydrogens (tertiary/aromatic N) is 1. The van der Waals surface area contributed by atoms with Crippen molar-refractivity contribution in [2.24, 2.45) is 5.73 Å². The molecule has 0 radical (unpaired) electrons. The average Bonchev–Trinajstić information content (AvgIpc) is 2.40. The smallest absolute Gasteiger partial charge is 0.267 e. The Hall–Kier alpha value is -1.88. The number of carbonyl (C=O) groups excluding carboxylic acids is 1. The zero-order valence-electron chi connectivity index (χ0n) is 10.3. The minimum Gasteiger partial charge on any atom is -0.385 e. The molecule has 4 N–H and O–H groups in total. The van der Waals surface area contributed by atoms with Crippen LogP contribution >= 0.6 is 0 Å². The molecule has 0 atom stereocenters. The van der Waals surface area contributed by atoms with Crippen LogP contribution in [0.3, 0.4) is 0 Å². The van der Waals surface area contributed by atoms with E-state index in [-0.39, 0.29) is 0 Å². The predicted octanol–water partition coefficient (Wildman–Crippen LogP) is 0.902. The first kappa shape index (κ1) is 12.6.